The highest BCUT2D eigenvalue weighted by Gasteiger charge is 2.36. The average Bonchev–Trinajstić information content (AvgIpc) is 2.81. The lowest BCUT2D eigenvalue weighted by molar-refractivity contribution is -0.146. The van der Waals surface area contributed by atoms with Crippen molar-refractivity contribution >= 4 is 23.5 Å². The summed E-state index contributed by atoms with van der Waals surface area (Å²) in [5.41, 5.74) is 4.59. The van der Waals surface area contributed by atoms with Crippen molar-refractivity contribution in [1.29, 1.82) is 0 Å². The van der Waals surface area contributed by atoms with Crippen molar-refractivity contribution in [2.75, 3.05) is 24.6 Å². The number of hydrogen-bond donors (Lipinski definition) is 2. The number of ether oxygens (including phenoxy) is 2. The van der Waals surface area contributed by atoms with Crippen molar-refractivity contribution in [2.24, 2.45) is 0 Å². The number of alkyl halides is 3. The van der Waals surface area contributed by atoms with Gasteiger partial charge in [-0.3, -0.25) is 25.2 Å². The van der Waals surface area contributed by atoms with Crippen LogP contribution in [-0.4, -0.2) is 48.6 Å². The first-order chi connectivity index (χ1) is 16.1. The first kappa shape index (κ1) is 24.8. The SMILES string of the molecule is CC(=O)OCC(=O)NNC(=O)c1ccc(N2CCC(Oc3ncccc3C(F)(F)F)CC2)cc1. The van der Waals surface area contributed by atoms with E-state index in [1.165, 1.54) is 12.3 Å². The van der Waals surface area contributed by atoms with Crippen LogP contribution in [0.5, 0.6) is 5.88 Å². The van der Waals surface area contributed by atoms with Crippen molar-refractivity contribution in [2.45, 2.75) is 32.0 Å². The lowest BCUT2D eigenvalue weighted by Crippen LogP contribution is -2.43. The van der Waals surface area contributed by atoms with Gasteiger partial charge < -0.3 is 14.4 Å². The Kier molecular flexibility index (Phi) is 7.92. The normalized spacial score (nSPS) is 14.3. The molecule has 12 heteroatoms. The fraction of sp³-hybridized carbons (Fsp3) is 0.364. The molecule has 0 bridgehead atoms. The monoisotopic (exact) mass is 480 g/mol. The molecule has 1 fully saturated rings. The van der Waals surface area contributed by atoms with E-state index in [0.29, 0.717) is 31.5 Å². The van der Waals surface area contributed by atoms with Gasteiger partial charge in [0, 0.05) is 50.3 Å². The number of hydrazine groups is 1. The van der Waals surface area contributed by atoms with Gasteiger partial charge >= 0.3 is 12.1 Å². The van der Waals surface area contributed by atoms with Gasteiger partial charge in [-0.2, -0.15) is 13.2 Å². The van der Waals surface area contributed by atoms with Gasteiger partial charge in [-0.05, 0) is 36.4 Å². The van der Waals surface area contributed by atoms with Crippen LogP contribution in [0.3, 0.4) is 0 Å². The molecule has 2 N–H and O–H groups in total. The summed E-state index contributed by atoms with van der Waals surface area (Å²) in [4.78, 5) is 40.1. The van der Waals surface area contributed by atoms with E-state index in [0.717, 1.165) is 18.7 Å². The zero-order valence-electron chi connectivity index (χ0n) is 18.2. The minimum atomic E-state index is -4.54. The van der Waals surface area contributed by atoms with E-state index >= 15 is 0 Å². The summed E-state index contributed by atoms with van der Waals surface area (Å²) in [6.45, 7) is 1.76. The number of anilines is 1. The second-order valence-electron chi connectivity index (χ2n) is 7.49. The summed E-state index contributed by atoms with van der Waals surface area (Å²) in [6, 6.07) is 8.79. The van der Waals surface area contributed by atoms with Gasteiger partial charge in [-0.25, -0.2) is 4.98 Å². The van der Waals surface area contributed by atoms with Crippen LogP contribution in [-0.2, 0) is 20.5 Å². The molecule has 1 aromatic heterocycles. The highest BCUT2D eigenvalue weighted by molar-refractivity contribution is 5.95. The summed E-state index contributed by atoms with van der Waals surface area (Å²) in [7, 11) is 0. The molecule has 1 aromatic carbocycles. The molecule has 34 heavy (non-hydrogen) atoms. The third-order valence-electron chi connectivity index (χ3n) is 5.01. The van der Waals surface area contributed by atoms with E-state index in [-0.39, 0.29) is 0 Å². The van der Waals surface area contributed by atoms with Crippen LogP contribution in [0.15, 0.2) is 42.6 Å². The predicted octanol–water partition coefficient (Wildman–Crippen LogP) is 2.47. The van der Waals surface area contributed by atoms with Crippen LogP contribution in [0.25, 0.3) is 0 Å². The zero-order valence-corrected chi connectivity index (χ0v) is 18.2. The molecule has 0 atom stereocenters. The second-order valence-corrected chi connectivity index (χ2v) is 7.49. The van der Waals surface area contributed by atoms with Gasteiger partial charge in [0.2, 0.25) is 5.88 Å². The first-order valence-electron chi connectivity index (χ1n) is 10.4. The Hall–Kier alpha value is -3.83. The fourth-order valence-electron chi connectivity index (χ4n) is 3.32. The molecule has 2 aromatic rings. The molecule has 1 saturated heterocycles. The van der Waals surface area contributed by atoms with E-state index in [4.69, 9.17) is 4.74 Å². The maximum absolute atomic E-state index is 13.1. The number of hydrogen-bond acceptors (Lipinski definition) is 7. The number of halogens is 3. The maximum atomic E-state index is 13.1. The second kappa shape index (κ2) is 10.9. The first-order valence-corrected chi connectivity index (χ1v) is 10.4. The summed E-state index contributed by atoms with van der Waals surface area (Å²) >= 11 is 0. The fourth-order valence-corrected chi connectivity index (χ4v) is 3.32. The number of aromatic nitrogens is 1. The Balaban J connectivity index is 1.49. The molecule has 182 valence electrons. The summed E-state index contributed by atoms with van der Waals surface area (Å²) in [5.74, 6) is -2.26. The zero-order chi connectivity index (χ0) is 24.7. The minimum absolute atomic E-state index is 0.296. The molecular formula is C22H23F3N4O5. The summed E-state index contributed by atoms with van der Waals surface area (Å²) in [5, 5.41) is 0. The number of esters is 1. The van der Waals surface area contributed by atoms with E-state index in [2.05, 4.69) is 20.6 Å². The van der Waals surface area contributed by atoms with Crippen molar-refractivity contribution in [3.05, 3.63) is 53.7 Å². The maximum Gasteiger partial charge on any atom is 0.421 e. The summed E-state index contributed by atoms with van der Waals surface area (Å²) in [6.07, 6.45) is -2.66. The van der Waals surface area contributed by atoms with Crippen LogP contribution in [0, 0.1) is 0 Å². The topological polar surface area (TPSA) is 110 Å². The Morgan fingerprint density at radius 2 is 1.76 bits per heavy atom. The number of amides is 2. The largest absolute Gasteiger partial charge is 0.474 e. The molecule has 2 heterocycles. The lowest BCUT2D eigenvalue weighted by atomic mass is 10.1. The smallest absolute Gasteiger partial charge is 0.421 e. The molecule has 0 unspecified atom stereocenters. The van der Waals surface area contributed by atoms with Gasteiger partial charge in [0.25, 0.3) is 11.8 Å². The van der Waals surface area contributed by atoms with Crippen LogP contribution in [0.4, 0.5) is 18.9 Å². The standard InChI is InChI=1S/C22H23F3N4O5/c1-14(30)33-13-19(31)27-28-20(32)15-4-6-16(7-5-15)29-11-8-17(9-12-29)34-21-18(22(23,24)25)3-2-10-26-21/h2-7,10,17H,8-9,11-13H2,1H3,(H,27,31)(H,28,32). The number of pyridine rings is 1. The average molecular weight is 480 g/mol. The Morgan fingerprint density at radius 3 is 2.38 bits per heavy atom. The number of piperidine rings is 1. The van der Waals surface area contributed by atoms with Gasteiger partial charge in [-0.15, -0.1) is 0 Å². The Labute approximate surface area is 193 Å². The van der Waals surface area contributed by atoms with E-state index < -0.39 is 48.1 Å². The van der Waals surface area contributed by atoms with Crippen molar-refractivity contribution in [3.8, 4) is 5.88 Å². The minimum Gasteiger partial charge on any atom is -0.474 e. The molecule has 9 nitrogen and oxygen atoms in total. The molecule has 2 amide bonds. The summed E-state index contributed by atoms with van der Waals surface area (Å²) < 4.78 is 49.5. The van der Waals surface area contributed by atoms with E-state index in [1.807, 2.05) is 4.90 Å². The molecule has 0 radical (unpaired) electrons. The molecule has 3 rings (SSSR count). The number of rotatable bonds is 6. The van der Waals surface area contributed by atoms with Crippen LogP contribution in [0.2, 0.25) is 0 Å². The highest BCUT2D eigenvalue weighted by atomic mass is 19.4. The third-order valence-corrected chi connectivity index (χ3v) is 5.01. The number of nitrogens with zero attached hydrogens (tertiary/aromatic N) is 2. The van der Waals surface area contributed by atoms with Gasteiger partial charge in [0.1, 0.15) is 11.7 Å². The van der Waals surface area contributed by atoms with E-state index in [9.17, 15) is 27.6 Å². The van der Waals surface area contributed by atoms with Crippen molar-refractivity contribution in [3.63, 3.8) is 0 Å². The van der Waals surface area contributed by atoms with Gasteiger partial charge in [-0.1, -0.05) is 0 Å². The quantitative estimate of drug-likeness (QED) is 0.483. The molecule has 0 spiro atoms. The van der Waals surface area contributed by atoms with Crippen LogP contribution >= 0.6 is 0 Å². The Morgan fingerprint density at radius 1 is 1.09 bits per heavy atom. The number of carbonyl (C=O) groups excluding carboxylic acids is 3. The molecule has 0 saturated carbocycles. The Bertz CT molecular complexity index is 1020. The number of nitrogens with one attached hydrogen (secondary N) is 2. The third kappa shape index (κ3) is 6.83. The molecule has 1 aliphatic heterocycles. The number of carbonyl (C=O) groups is 3. The van der Waals surface area contributed by atoms with Crippen molar-refractivity contribution in [1.82, 2.24) is 15.8 Å². The van der Waals surface area contributed by atoms with Crippen molar-refractivity contribution < 1.29 is 37.0 Å². The molecule has 0 aliphatic carbocycles. The lowest BCUT2D eigenvalue weighted by Gasteiger charge is -2.33. The van der Waals surface area contributed by atoms with Gasteiger partial charge in [0.15, 0.2) is 6.61 Å². The number of benzene rings is 1. The van der Waals surface area contributed by atoms with Gasteiger partial charge in [0.05, 0.1) is 0 Å². The molecule has 1 aliphatic rings. The molecular weight excluding hydrogens is 457 g/mol. The van der Waals surface area contributed by atoms with E-state index in [1.54, 1.807) is 24.3 Å². The van der Waals surface area contributed by atoms with Crippen LogP contribution < -0.4 is 20.5 Å². The highest BCUT2D eigenvalue weighted by Crippen LogP contribution is 2.35. The predicted molar refractivity (Wildman–Crippen MR) is 114 cm³/mol. The van der Waals surface area contributed by atoms with Crippen LogP contribution in [0.1, 0.15) is 35.7 Å².